The number of nitrogens with one attached hydrogen (secondary N) is 1. The maximum atomic E-state index is 12.2. The zero-order chi connectivity index (χ0) is 18.5. The molecule has 1 aromatic heterocycles. The molecule has 1 aliphatic rings. The molecule has 0 fully saturated rings. The van der Waals surface area contributed by atoms with Crippen molar-refractivity contribution in [1.82, 2.24) is 20.0 Å². The molecule has 0 saturated heterocycles. The largest absolute Gasteiger partial charge is 0.350 e. The lowest BCUT2D eigenvalue weighted by atomic mass is 10.0. The Morgan fingerprint density at radius 2 is 2.04 bits per heavy atom. The van der Waals surface area contributed by atoms with E-state index >= 15 is 0 Å². The van der Waals surface area contributed by atoms with Crippen LogP contribution in [0.25, 0.3) is 0 Å². The van der Waals surface area contributed by atoms with Crippen molar-refractivity contribution in [1.29, 1.82) is 0 Å². The van der Waals surface area contributed by atoms with E-state index in [1.165, 1.54) is 0 Å². The second-order valence-electron chi connectivity index (χ2n) is 6.64. The smallest absolute Gasteiger partial charge is 0.222 e. The molecule has 0 radical (unpaired) electrons. The van der Waals surface area contributed by atoms with Crippen molar-refractivity contribution in [3.8, 4) is 0 Å². The molecule has 3 rings (SSSR count). The van der Waals surface area contributed by atoms with Crippen LogP contribution in [0.5, 0.6) is 0 Å². The fraction of sp³-hybridized carbons (Fsp3) is 0.421. The van der Waals surface area contributed by atoms with Gasteiger partial charge in [-0.05, 0) is 18.1 Å². The summed E-state index contributed by atoms with van der Waals surface area (Å²) in [5, 5.41) is 7.43. The summed E-state index contributed by atoms with van der Waals surface area (Å²) in [5.41, 5.74) is 8.83. The molecule has 1 aromatic carbocycles. The van der Waals surface area contributed by atoms with Crippen LogP contribution in [0.4, 0.5) is 0 Å². The highest BCUT2D eigenvalue weighted by Gasteiger charge is 2.18. The Morgan fingerprint density at radius 3 is 2.77 bits per heavy atom. The average molecular weight is 355 g/mol. The molecular formula is C19H25N5O2. The molecule has 0 aliphatic carbocycles. The molecule has 0 saturated carbocycles. The minimum absolute atomic E-state index is 0.0735. The van der Waals surface area contributed by atoms with E-state index in [0.29, 0.717) is 13.1 Å². The summed E-state index contributed by atoms with van der Waals surface area (Å²) in [6.07, 6.45) is 1.11. The van der Waals surface area contributed by atoms with Gasteiger partial charge in [-0.15, -0.1) is 0 Å². The van der Waals surface area contributed by atoms with Crippen LogP contribution < -0.4 is 11.1 Å². The highest BCUT2D eigenvalue weighted by Crippen LogP contribution is 2.15. The Kier molecular flexibility index (Phi) is 5.68. The van der Waals surface area contributed by atoms with Crippen LogP contribution >= 0.6 is 0 Å². The number of carbonyl (C=O) groups excluding carboxylic acids is 2. The lowest BCUT2D eigenvalue weighted by molar-refractivity contribution is -0.129. The van der Waals surface area contributed by atoms with Gasteiger partial charge in [0.15, 0.2) is 0 Å². The highest BCUT2D eigenvalue weighted by molar-refractivity contribution is 5.76. The first-order valence-electron chi connectivity index (χ1n) is 8.91. The topological polar surface area (TPSA) is 93.2 Å². The van der Waals surface area contributed by atoms with Crippen LogP contribution in [0.3, 0.4) is 0 Å². The number of hydrogen-bond donors (Lipinski definition) is 2. The van der Waals surface area contributed by atoms with E-state index in [0.717, 1.165) is 36.5 Å². The van der Waals surface area contributed by atoms with E-state index in [2.05, 4.69) is 10.4 Å². The SMILES string of the molecule is CC(=O)N1CCCn2nc(CNC(=O)C[C@@H](N)c3ccccc3)cc2C1. The first-order valence-corrected chi connectivity index (χ1v) is 8.91. The number of nitrogens with two attached hydrogens (primary N) is 1. The molecule has 1 atom stereocenters. The molecule has 2 heterocycles. The summed E-state index contributed by atoms with van der Waals surface area (Å²) < 4.78 is 1.93. The molecule has 2 aromatic rings. The summed E-state index contributed by atoms with van der Waals surface area (Å²) in [6, 6.07) is 11.2. The lowest BCUT2D eigenvalue weighted by Crippen LogP contribution is -2.28. The Balaban J connectivity index is 1.54. The standard InChI is InChI=1S/C19H25N5O2/c1-14(25)23-8-5-9-24-17(13-23)10-16(22-24)12-21-19(26)11-18(20)15-6-3-2-4-7-15/h2-4,6-7,10,18H,5,8-9,11-13,20H2,1H3,(H,21,26)/t18-/m1/s1. The van der Waals surface area contributed by atoms with Crippen molar-refractivity contribution in [3.05, 3.63) is 53.3 Å². The molecule has 2 amide bonds. The van der Waals surface area contributed by atoms with Gasteiger partial charge in [0.05, 0.1) is 24.5 Å². The first-order chi connectivity index (χ1) is 12.5. The van der Waals surface area contributed by atoms with Gasteiger partial charge >= 0.3 is 0 Å². The maximum Gasteiger partial charge on any atom is 0.222 e. The van der Waals surface area contributed by atoms with Crippen LogP contribution in [-0.2, 0) is 29.2 Å². The van der Waals surface area contributed by atoms with Crippen molar-refractivity contribution >= 4 is 11.8 Å². The van der Waals surface area contributed by atoms with Gasteiger partial charge in [-0.1, -0.05) is 30.3 Å². The number of nitrogens with zero attached hydrogens (tertiary/aromatic N) is 3. The number of amides is 2. The second-order valence-corrected chi connectivity index (χ2v) is 6.64. The molecular weight excluding hydrogens is 330 g/mol. The van der Waals surface area contributed by atoms with Crippen molar-refractivity contribution in [2.45, 2.75) is 45.4 Å². The molecule has 1 aliphatic heterocycles. The van der Waals surface area contributed by atoms with Crippen molar-refractivity contribution < 1.29 is 9.59 Å². The van der Waals surface area contributed by atoms with Gasteiger partial charge in [0.2, 0.25) is 11.8 Å². The van der Waals surface area contributed by atoms with E-state index in [1.54, 1.807) is 6.92 Å². The molecule has 0 unspecified atom stereocenters. The summed E-state index contributed by atoms with van der Waals surface area (Å²) in [6.45, 7) is 4.05. The Morgan fingerprint density at radius 1 is 1.27 bits per heavy atom. The van der Waals surface area contributed by atoms with Gasteiger partial charge in [-0.2, -0.15) is 5.10 Å². The third kappa shape index (κ3) is 4.49. The predicted molar refractivity (Wildman–Crippen MR) is 97.8 cm³/mol. The Hall–Kier alpha value is -2.67. The van der Waals surface area contributed by atoms with E-state index in [-0.39, 0.29) is 24.3 Å². The predicted octanol–water partition coefficient (Wildman–Crippen LogP) is 1.34. The van der Waals surface area contributed by atoms with Gasteiger partial charge in [0.25, 0.3) is 0 Å². The van der Waals surface area contributed by atoms with Gasteiger partial charge in [-0.25, -0.2) is 0 Å². The van der Waals surface area contributed by atoms with E-state index < -0.39 is 0 Å². The number of hydrogen-bond acceptors (Lipinski definition) is 4. The summed E-state index contributed by atoms with van der Waals surface area (Å²) >= 11 is 0. The van der Waals surface area contributed by atoms with Crippen LogP contribution in [0.1, 0.15) is 42.8 Å². The lowest BCUT2D eigenvalue weighted by Gasteiger charge is -2.17. The monoisotopic (exact) mass is 355 g/mol. The molecule has 0 spiro atoms. The van der Waals surface area contributed by atoms with Gasteiger partial charge in [0.1, 0.15) is 0 Å². The van der Waals surface area contributed by atoms with Crippen LogP contribution in [0.15, 0.2) is 36.4 Å². The third-order valence-electron chi connectivity index (χ3n) is 4.61. The van der Waals surface area contributed by atoms with Gasteiger partial charge in [0, 0.05) is 32.5 Å². The number of benzene rings is 1. The van der Waals surface area contributed by atoms with Crippen molar-refractivity contribution in [2.24, 2.45) is 5.73 Å². The van der Waals surface area contributed by atoms with Crippen molar-refractivity contribution in [3.63, 3.8) is 0 Å². The number of fused-ring (bicyclic) bond motifs is 1. The first kappa shape index (κ1) is 18.1. The minimum Gasteiger partial charge on any atom is -0.350 e. The van der Waals surface area contributed by atoms with E-state index in [4.69, 9.17) is 5.73 Å². The Labute approximate surface area is 153 Å². The zero-order valence-corrected chi connectivity index (χ0v) is 15.0. The Bertz CT molecular complexity index is 771. The van der Waals surface area contributed by atoms with Crippen LogP contribution in [-0.4, -0.2) is 33.0 Å². The summed E-state index contributed by atoms with van der Waals surface area (Å²) in [7, 11) is 0. The summed E-state index contributed by atoms with van der Waals surface area (Å²) in [5.74, 6) is -0.0284. The maximum absolute atomic E-state index is 12.2. The molecule has 7 nitrogen and oxygen atoms in total. The number of aromatic nitrogens is 2. The summed E-state index contributed by atoms with van der Waals surface area (Å²) in [4.78, 5) is 25.6. The quantitative estimate of drug-likeness (QED) is 0.846. The highest BCUT2D eigenvalue weighted by atomic mass is 16.2. The average Bonchev–Trinajstić information content (AvgIpc) is 2.90. The molecule has 26 heavy (non-hydrogen) atoms. The molecule has 3 N–H and O–H groups in total. The van der Waals surface area contributed by atoms with Crippen molar-refractivity contribution in [2.75, 3.05) is 6.54 Å². The number of aryl methyl sites for hydroxylation is 1. The molecule has 0 bridgehead atoms. The normalized spacial score (nSPS) is 15.1. The second kappa shape index (κ2) is 8.14. The molecule has 7 heteroatoms. The van der Waals surface area contributed by atoms with Crippen LogP contribution in [0, 0.1) is 0 Å². The number of rotatable bonds is 5. The fourth-order valence-corrected chi connectivity index (χ4v) is 3.16. The third-order valence-corrected chi connectivity index (χ3v) is 4.61. The van der Waals surface area contributed by atoms with E-state index in [1.807, 2.05) is 46.0 Å². The fourth-order valence-electron chi connectivity index (χ4n) is 3.16. The van der Waals surface area contributed by atoms with Gasteiger partial charge in [-0.3, -0.25) is 14.3 Å². The molecule has 138 valence electrons. The minimum atomic E-state index is -0.320. The zero-order valence-electron chi connectivity index (χ0n) is 15.0. The number of carbonyl (C=O) groups is 2. The van der Waals surface area contributed by atoms with E-state index in [9.17, 15) is 9.59 Å². The van der Waals surface area contributed by atoms with Crippen LogP contribution in [0.2, 0.25) is 0 Å². The van der Waals surface area contributed by atoms with Gasteiger partial charge < -0.3 is 16.0 Å².